The van der Waals surface area contributed by atoms with Gasteiger partial charge in [-0.1, -0.05) is 24.3 Å². The average Bonchev–Trinajstić information content (AvgIpc) is 3.06. The summed E-state index contributed by atoms with van der Waals surface area (Å²) in [5, 5.41) is 78.4. The third-order valence-electron chi connectivity index (χ3n) is 7.45. The largest absolute Gasteiger partial charge is 0.504 e. The fourth-order valence-corrected chi connectivity index (χ4v) is 4.86. The number of carbonyl (C=O) groups excluding carboxylic acids is 3. The Kier molecular flexibility index (Phi) is 11.5. The third-order valence-corrected chi connectivity index (χ3v) is 7.45. The number of aliphatic carboxylic acids is 1. The van der Waals surface area contributed by atoms with Gasteiger partial charge in [0, 0.05) is 25.0 Å². The van der Waals surface area contributed by atoms with Crippen molar-refractivity contribution >= 4 is 41.9 Å². The zero-order chi connectivity index (χ0) is 36.6. The molecule has 15 heteroatoms. The van der Waals surface area contributed by atoms with E-state index >= 15 is 0 Å². The number of esters is 2. The number of ether oxygens (including phenoxy) is 3. The minimum atomic E-state index is -2.56. The first-order valence-corrected chi connectivity index (χ1v) is 14.7. The van der Waals surface area contributed by atoms with Crippen LogP contribution in [0.1, 0.15) is 29.5 Å². The molecule has 8 N–H and O–H groups in total. The highest BCUT2D eigenvalue weighted by Crippen LogP contribution is 2.35. The number of aromatic hydroxyl groups is 6. The predicted molar refractivity (Wildman–Crippen MR) is 173 cm³/mol. The van der Waals surface area contributed by atoms with Gasteiger partial charge in [0.15, 0.2) is 52.0 Å². The van der Waals surface area contributed by atoms with Crippen molar-refractivity contribution in [3.8, 4) is 34.5 Å². The summed E-state index contributed by atoms with van der Waals surface area (Å²) < 4.78 is 16.6. The molecule has 4 atom stereocenters. The number of phenolic OH excluding ortho intramolecular Hbond substituents is 6. The minimum absolute atomic E-state index is 0.270. The molecule has 0 spiro atoms. The van der Waals surface area contributed by atoms with E-state index in [1.165, 1.54) is 60.7 Å². The van der Waals surface area contributed by atoms with Crippen LogP contribution in [0.15, 0.2) is 72.8 Å². The molecule has 0 aromatic heterocycles. The Morgan fingerprint density at radius 3 is 1.48 bits per heavy atom. The Labute approximate surface area is 283 Å². The van der Waals surface area contributed by atoms with E-state index in [1.807, 2.05) is 0 Å². The molecule has 262 valence electrons. The summed E-state index contributed by atoms with van der Waals surface area (Å²) >= 11 is 0. The van der Waals surface area contributed by atoms with Crippen LogP contribution in [0.3, 0.4) is 0 Å². The molecule has 0 bridgehead atoms. The summed E-state index contributed by atoms with van der Waals surface area (Å²) in [6.45, 7) is -0.720. The normalized spacial score (nSPS) is 20.6. The SMILES string of the molecule is O=C(C=Cc1ccc(O)c(O)c1)COC1CC(O)(C(=O)O)CC(OC(=O)C=Cc2ccc(O)c(O)c2)C1OC(=O)C=Cc1ccc(O)c(O)c1. The second kappa shape index (κ2) is 15.7. The molecular weight excluding hydrogens is 660 g/mol. The van der Waals surface area contributed by atoms with Crippen LogP contribution in [0.2, 0.25) is 0 Å². The van der Waals surface area contributed by atoms with Crippen LogP contribution in [-0.2, 0) is 33.4 Å². The van der Waals surface area contributed by atoms with E-state index in [-0.39, 0.29) is 16.9 Å². The standard InChI is InChI=1S/C35H32O15/c36-22(7-1-19-2-8-23(37)26(40)13-19)18-48-29-16-35(47,34(45)46)17-30(49-31(43)11-5-20-3-9-24(38)27(41)14-20)33(29)50-32(44)12-6-21-4-10-25(39)28(42)15-21/h1-15,29-30,33,37-42,47H,16-18H2,(H,45,46). The van der Waals surface area contributed by atoms with Crippen LogP contribution in [-0.4, -0.2) is 95.1 Å². The number of hydrogen-bond donors (Lipinski definition) is 8. The van der Waals surface area contributed by atoms with Gasteiger partial charge in [0.25, 0.3) is 0 Å². The number of carbonyl (C=O) groups is 4. The number of carboxylic acids is 1. The van der Waals surface area contributed by atoms with E-state index in [9.17, 15) is 60.0 Å². The first-order chi connectivity index (χ1) is 23.6. The molecule has 3 aromatic carbocycles. The molecule has 3 aromatic rings. The lowest BCUT2D eigenvalue weighted by molar-refractivity contribution is -0.210. The molecule has 50 heavy (non-hydrogen) atoms. The van der Waals surface area contributed by atoms with Gasteiger partial charge in [-0.2, -0.15) is 0 Å². The third kappa shape index (κ3) is 9.62. The van der Waals surface area contributed by atoms with Crippen molar-refractivity contribution < 1.29 is 74.2 Å². The maximum atomic E-state index is 13.0. The summed E-state index contributed by atoms with van der Waals surface area (Å²) in [5.74, 6) is -7.04. The second-order valence-corrected chi connectivity index (χ2v) is 11.2. The Morgan fingerprint density at radius 2 is 1.04 bits per heavy atom. The molecule has 4 unspecified atom stereocenters. The van der Waals surface area contributed by atoms with E-state index in [4.69, 9.17) is 14.2 Å². The van der Waals surface area contributed by atoms with Crippen LogP contribution in [0.4, 0.5) is 0 Å². The molecule has 15 nitrogen and oxygen atoms in total. The summed E-state index contributed by atoms with van der Waals surface area (Å²) in [4.78, 5) is 50.6. The molecule has 0 heterocycles. The maximum Gasteiger partial charge on any atom is 0.335 e. The molecule has 0 amide bonds. The second-order valence-electron chi connectivity index (χ2n) is 11.2. The Morgan fingerprint density at radius 1 is 0.620 bits per heavy atom. The van der Waals surface area contributed by atoms with Gasteiger partial charge in [0.1, 0.15) is 18.8 Å². The van der Waals surface area contributed by atoms with Crippen LogP contribution in [0, 0.1) is 0 Å². The zero-order valence-corrected chi connectivity index (χ0v) is 25.9. The van der Waals surface area contributed by atoms with Crippen LogP contribution >= 0.6 is 0 Å². The van der Waals surface area contributed by atoms with Crippen LogP contribution in [0.5, 0.6) is 34.5 Å². The van der Waals surface area contributed by atoms with E-state index in [1.54, 1.807) is 0 Å². The van der Waals surface area contributed by atoms with E-state index in [0.29, 0.717) is 5.56 Å². The van der Waals surface area contributed by atoms with E-state index in [0.717, 1.165) is 30.4 Å². The monoisotopic (exact) mass is 692 g/mol. The highest BCUT2D eigenvalue weighted by Gasteiger charge is 2.53. The number of hydrogen-bond acceptors (Lipinski definition) is 14. The number of rotatable bonds is 12. The number of ketones is 1. The first kappa shape index (κ1) is 36.5. The Hall–Kier alpha value is -6.32. The van der Waals surface area contributed by atoms with Gasteiger partial charge in [-0.3, -0.25) is 4.79 Å². The summed E-state index contributed by atoms with van der Waals surface area (Å²) in [5.41, 5.74) is -1.67. The van der Waals surface area contributed by atoms with Crippen molar-refractivity contribution in [2.45, 2.75) is 36.8 Å². The number of carboxylic acid groups (broad SMARTS) is 1. The van der Waals surface area contributed by atoms with Gasteiger partial charge in [-0.05, 0) is 71.3 Å². The number of phenols is 6. The van der Waals surface area contributed by atoms with Gasteiger partial charge in [-0.25, -0.2) is 14.4 Å². The topological polar surface area (TPSA) is 258 Å². The Balaban J connectivity index is 1.58. The molecule has 1 aliphatic rings. The summed E-state index contributed by atoms with van der Waals surface area (Å²) in [6, 6.07) is 11.2. The highest BCUT2D eigenvalue weighted by molar-refractivity contribution is 5.94. The van der Waals surface area contributed by atoms with Crippen molar-refractivity contribution in [2.24, 2.45) is 0 Å². The van der Waals surface area contributed by atoms with E-state index in [2.05, 4.69) is 0 Å². The summed E-state index contributed by atoms with van der Waals surface area (Å²) in [7, 11) is 0. The maximum absolute atomic E-state index is 13.0. The lowest BCUT2D eigenvalue weighted by atomic mass is 9.79. The van der Waals surface area contributed by atoms with Crippen molar-refractivity contribution in [1.29, 1.82) is 0 Å². The molecule has 4 rings (SSSR count). The highest BCUT2D eigenvalue weighted by atomic mass is 16.6. The average molecular weight is 693 g/mol. The molecule has 1 saturated carbocycles. The fraction of sp³-hybridized carbons (Fsp3) is 0.200. The summed E-state index contributed by atoms with van der Waals surface area (Å²) in [6.07, 6.45) is 0.443. The van der Waals surface area contributed by atoms with Gasteiger partial charge in [0.2, 0.25) is 0 Å². The molecule has 1 fully saturated rings. The number of benzene rings is 3. The zero-order valence-electron chi connectivity index (χ0n) is 25.9. The van der Waals surface area contributed by atoms with Crippen molar-refractivity contribution in [1.82, 2.24) is 0 Å². The van der Waals surface area contributed by atoms with Crippen LogP contribution < -0.4 is 0 Å². The fourth-order valence-electron chi connectivity index (χ4n) is 4.86. The molecule has 1 aliphatic carbocycles. The molecular formula is C35H32O15. The smallest absolute Gasteiger partial charge is 0.335 e. The quantitative estimate of drug-likeness (QED) is 0.0771. The van der Waals surface area contributed by atoms with Gasteiger partial charge < -0.3 is 55.1 Å². The minimum Gasteiger partial charge on any atom is -0.504 e. The molecule has 0 aliphatic heterocycles. The first-order valence-electron chi connectivity index (χ1n) is 14.7. The van der Waals surface area contributed by atoms with Gasteiger partial charge in [-0.15, -0.1) is 0 Å². The van der Waals surface area contributed by atoms with E-state index < -0.39 is 95.8 Å². The van der Waals surface area contributed by atoms with Crippen LogP contribution in [0.25, 0.3) is 18.2 Å². The number of aliphatic hydroxyl groups is 1. The van der Waals surface area contributed by atoms with Crippen molar-refractivity contribution in [3.63, 3.8) is 0 Å². The Bertz CT molecular complexity index is 1860. The molecule has 0 radical (unpaired) electrons. The lowest BCUT2D eigenvalue weighted by Gasteiger charge is -2.42. The predicted octanol–water partition coefficient (Wildman–Crippen LogP) is 2.75. The molecule has 0 saturated heterocycles. The van der Waals surface area contributed by atoms with Crippen molar-refractivity contribution in [2.75, 3.05) is 6.61 Å². The lowest BCUT2D eigenvalue weighted by Crippen LogP contribution is -2.59. The van der Waals surface area contributed by atoms with Crippen molar-refractivity contribution in [3.05, 3.63) is 89.5 Å². The van der Waals surface area contributed by atoms with Gasteiger partial charge in [0.05, 0.1) is 0 Å². The van der Waals surface area contributed by atoms with Gasteiger partial charge >= 0.3 is 17.9 Å².